The molecule has 2 unspecified atom stereocenters. The highest BCUT2D eigenvalue weighted by Crippen LogP contribution is 2.39. The van der Waals surface area contributed by atoms with Gasteiger partial charge in [0.2, 0.25) is 0 Å². The van der Waals surface area contributed by atoms with Gasteiger partial charge in [0.15, 0.2) is 0 Å². The number of likely N-dealkylation sites (N-methyl/N-ethyl adjacent to an activating group) is 1. The number of alkyl halides is 3. The van der Waals surface area contributed by atoms with Gasteiger partial charge in [0.05, 0.1) is 17.2 Å². The van der Waals surface area contributed by atoms with Gasteiger partial charge in [-0.1, -0.05) is 25.1 Å². The third-order valence-corrected chi connectivity index (χ3v) is 3.65. The molecule has 1 aromatic rings. The summed E-state index contributed by atoms with van der Waals surface area (Å²) in [6.07, 6.45) is -3.76. The summed E-state index contributed by atoms with van der Waals surface area (Å²) in [5.41, 5.74) is -1.08. The lowest BCUT2D eigenvalue weighted by Crippen LogP contribution is -2.43. The fourth-order valence-electron chi connectivity index (χ4n) is 2.52. The topological polar surface area (TPSA) is 21.3 Å². The van der Waals surface area contributed by atoms with Crippen LogP contribution in [-0.2, 0) is 10.9 Å². The van der Waals surface area contributed by atoms with Gasteiger partial charge in [-0.05, 0) is 38.9 Å². The van der Waals surface area contributed by atoms with Gasteiger partial charge < -0.3 is 10.1 Å². The zero-order valence-electron chi connectivity index (χ0n) is 12.3. The molecule has 0 aromatic heterocycles. The lowest BCUT2D eigenvalue weighted by molar-refractivity contribution is -0.139. The lowest BCUT2D eigenvalue weighted by atomic mass is 9.85. The Morgan fingerprint density at radius 3 is 2.25 bits per heavy atom. The molecule has 1 N–H and O–H groups in total. The highest BCUT2D eigenvalue weighted by Gasteiger charge is 2.40. The van der Waals surface area contributed by atoms with E-state index in [-0.39, 0.29) is 5.56 Å². The quantitative estimate of drug-likeness (QED) is 0.848. The van der Waals surface area contributed by atoms with Crippen molar-refractivity contribution in [3.05, 3.63) is 35.4 Å². The lowest BCUT2D eigenvalue weighted by Gasteiger charge is -2.38. The number of rotatable bonds is 6. The van der Waals surface area contributed by atoms with Crippen LogP contribution in [0.5, 0.6) is 0 Å². The summed E-state index contributed by atoms with van der Waals surface area (Å²) in [6, 6.07) is 5.13. The standard InChI is InChI=1S/C15H22F3NO/c1-5-14(3,20-6-2)13(19-4)11-9-7-8-10-12(11)15(16,17)18/h7-10,13,19H,5-6H2,1-4H3. The number of halogens is 3. The van der Waals surface area contributed by atoms with Crippen LogP contribution in [0, 0.1) is 0 Å². The number of hydrogen-bond donors (Lipinski definition) is 1. The van der Waals surface area contributed by atoms with Crippen LogP contribution in [0.1, 0.15) is 44.4 Å². The van der Waals surface area contributed by atoms with Crippen LogP contribution in [0.4, 0.5) is 13.2 Å². The molecule has 0 amide bonds. The van der Waals surface area contributed by atoms with E-state index in [1.165, 1.54) is 12.1 Å². The Hall–Kier alpha value is -1.07. The first kappa shape index (κ1) is 17.0. The Balaban J connectivity index is 3.32. The van der Waals surface area contributed by atoms with Crippen LogP contribution in [0.25, 0.3) is 0 Å². The summed E-state index contributed by atoms with van der Waals surface area (Å²) in [6.45, 7) is 6.05. The summed E-state index contributed by atoms with van der Waals surface area (Å²) in [5.74, 6) is 0. The van der Waals surface area contributed by atoms with Gasteiger partial charge in [0.25, 0.3) is 0 Å². The van der Waals surface area contributed by atoms with E-state index in [0.717, 1.165) is 6.07 Å². The van der Waals surface area contributed by atoms with Gasteiger partial charge in [-0.3, -0.25) is 0 Å². The van der Waals surface area contributed by atoms with Crippen LogP contribution in [0.2, 0.25) is 0 Å². The SMILES string of the molecule is CCOC(C)(CC)C(NC)c1ccccc1C(F)(F)F. The van der Waals surface area contributed by atoms with Crippen LogP contribution in [0.3, 0.4) is 0 Å². The smallest absolute Gasteiger partial charge is 0.374 e. The summed E-state index contributed by atoms with van der Waals surface area (Å²) in [5, 5.41) is 2.98. The predicted octanol–water partition coefficient (Wildman–Crippen LogP) is 4.17. The van der Waals surface area contributed by atoms with Crippen molar-refractivity contribution in [3.8, 4) is 0 Å². The highest BCUT2D eigenvalue weighted by atomic mass is 19.4. The number of hydrogen-bond acceptors (Lipinski definition) is 2. The van der Waals surface area contributed by atoms with E-state index >= 15 is 0 Å². The van der Waals surface area contributed by atoms with Crippen molar-refractivity contribution in [2.45, 2.75) is 45.0 Å². The molecule has 2 atom stereocenters. The molecule has 0 fully saturated rings. The first-order valence-electron chi connectivity index (χ1n) is 6.77. The molecule has 1 rings (SSSR count). The molecule has 0 aliphatic rings. The zero-order valence-corrected chi connectivity index (χ0v) is 12.3. The molecular formula is C15H22F3NO. The maximum absolute atomic E-state index is 13.2. The summed E-state index contributed by atoms with van der Waals surface area (Å²) in [4.78, 5) is 0. The molecule has 2 nitrogen and oxygen atoms in total. The molecule has 0 heterocycles. The highest BCUT2D eigenvalue weighted by molar-refractivity contribution is 5.34. The van der Waals surface area contributed by atoms with Crippen molar-refractivity contribution >= 4 is 0 Å². The molecule has 0 aliphatic heterocycles. The van der Waals surface area contributed by atoms with Crippen LogP contribution in [0.15, 0.2) is 24.3 Å². The van der Waals surface area contributed by atoms with Crippen LogP contribution >= 0.6 is 0 Å². The average Bonchev–Trinajstić information content (AvgIpc) is 2.39. The van der Waals surface area contributed by atoms with Gasteiger partial charge >= 0.3 is 6.18 Å². The maximum atomic E-state index is 13.2. The van der Waals surface area contributed by atoms with Crippen molar-refractivity contribution in [1.82, 2.24) is 5.32 Å². The Bertz CT molecular complexity index is 433. The monoisotopic (exact) mass is 289 g/mol. The first-order valence-corrected chi connectivity index (χ1v) is 6.77. The molecular weight excluding hydrogens is 267 g/mol. The summed E-state index contributed by atoms with van der Waals surface area (Å²) in [7, 11) is 1.66. The van der Waals surface area contributed by atoms with E-state index < -0.39 is 23.4 Å². The van der Waals surface area contributed by atoms with E-state index in [2.05, 4.69) is 5.32 Å². The Labute approximate surface area is 118 Å². The number of ether oxygens (including phenoxy) is 1. The molecule has 0 bridgehead atoms. The number of benzene rings is 1. The van der Waals surface area contributed by atoms with Gasteiger partial charge in [0, 0.05) is 6.61 Å². The van der Waals surface area contributed by atoms with E-state index in [1.54, 1.807) is 13.1 Å². The summed E-state index contributed by atoms with van der Waals surface area (Å²) >= 11 is 0. The van der Waals surface area contributed by atoms with E-state index in [4.69, 9.17) is 4.74 Å². The molecule has 0 saturated heterocycles. The van der Waals surface area contributed by atoms with Crippen molar-refractivity contribution in [2.24, 2.45) is 0 Å². The second-order valence-electron chi connectivity index (χ2n) is 4.91. The second kappa shape index (κ2) is 6.59. The van der Waals surface area contributed by atoms with Crippen molar-refractivity contribution in [3.63, 3.8) is 0 Å². The minimum atomic E-state index is -4.37. The van der Waals surface area contributed by atoms with Crippen LogP contribution in [-0.4, -0.2) is 19.3 Å². The molecule has 1 aromatic carbocycles. The zero-order chi connectivity index (χ0) is 15.4. The average molecular weight is 289 g/mol. The van der Waals surface area contributed by atoms with E-state index in [9.17, 15) is 13.2 Å². The Morgan fingerprint density at radius 1 is 1.20 bits per heavy atom. The molecule has 0 saturated carbocycles. The molecule has 20 heavy (non-hydrogen) atoms. The van der Waals surface area contributed by atoms with Gasteiger partial charge in [-0.15, -0.1) is 0 Å². The predicted molar refractivity (Wildman–Crippen MR) is 73.6 cm³/mol. The van der Waals surface area contributed by atoms with E-state index in [1.807, 2.05) is 20.8 Å². The fraction of sp³-hybridized carbons (Fsp3) is 0.600. The van der Waals surface area contributed by atoms with Crippen molar-refractivity contribution in [2.75, 3.05) is 13.7 Å². The Morgan fingerprint density at radius 2 is 1.80 bits per heavy atom. The van der Waals surface area contributed by atoms with Gasteiger partial charge in [-0.2, -0.15) is 13.2 Å². The van der Waals surface area contributed by atoms with Crippen molar-refractivity contribution < 1.29 is 17.9 Å². The molecule has 0 radical (unpaired) electrons. The molecule has 0 aliphatic carbocycles. The minimum Gasteiger partial charge on any atom is -0.374 e. The molecule has 5 heteroatoms. The fourth-order valence-corrected chi connectivity index (χ4v) is 2.52. The molecule has 0 spiro atoms. The first-order chi connectivity index (χ1) is 9.30. The third kappa shape index (κ3) is 3.52. The normalized spacial score (nSPS) is 16.8. The maximum Gasteiger partial charge on any atom is 0.416 e. The largest absolute Gasteiger partial charge is 0.416 e. The van der Waals surface area contributed by atoms with E-state index in [0.29, 0.717) is 13.0 Å². The second-order valence-corrected chi connectivity index (χ2v) is 4.91. The number of nitrogens with one attached hydrogen (secondary N) is 1. The molecule has 114 valence electrons. The van der Waals surface area contributed by atoms with Gasteiger partial charge in [0.1, 0.15) is 0 Å². The van der Waals surface area contributed by atoms with Crippen LogP contribution < -0.4 is 5.32 Å². The van der Waals surface area contributed by atoms with Gasteiger partial charge in [-0.25, -0.2) is 0 Å². The summed E-state index contributed by atoms with van der Waals surface area (Å²) < 4.78 is 45.2. The Kier molecular flexibility index (Phi) is 5.59. The minimum absolute atomic E-state index is 0.223. The van der Waals surface area contributed by atoms with Crippen molar-refractivity contribution in [1.29, 1.82) is 0 Å². The third-order valence-electron chi connectivity index (χ3n) is 3.65.